The summed E-state index contributed by atoms with van der Waals surface area (Å²) in [7, 11) is -3.51. The van der Waals surface area contributed by atoms with Crippen LogP contribution in [0.15, 0.2) is 42.3 Å². The summed E-state index contributed by atoms with van der Waals surface area (Å²) in [6.45, 7) is 14.9. The van der Waals surface area contributed by atoms with E-state index in [1.54, 1.807) is 5.06 Å². The van der Waals surface area contributed by atoms with Gasteiger partial charge in [-0.05, 0) is 58.3 Å². The number of anilines is 1. The SMILES string of the molecule is CC1(O[Si](C)(C)C)C=C(O[Si](C)(C)C)N(c2ccccc2)O1. The van der Waals surface area contributed by atoms with Crippen molar-refractivity contribution >= 4 is 22.3 Å². The average Bonchev–Trinajstić information content (AvgIpc) is 2.62. The second-order valence-corrected chi connectivity index (χ2v) is 16.5. The Morgan fingerprint density at radius 1 is 0.955 bits per heavy atom. The highest BCUT2D eigenvalue weighted by molar-refractivity contribution is 6.70. The van der Waals surface area contributed by atoms with Crippen molar-refractivity contribution in [2.75, 3.05) is 5.06 Å². The first-order valence-electron chi connectivity index (χ1n) is 7.64. The predicted octanol–water partition coefficient (Wildman–Crippen LogP) is 4.70. The number of hydroxylamine groups is 1. The zero-order chi connectivity index (χ0) is 16.6. The van der Waals surface area contributed by atoms with E-state index in [-0.39, 0.29) is 0 Å². The van der Waals surface area contributed by atoms with Crippen LogP contribution in [0.5, 0.6) is 0 Å². The molecular weight excluding hydrogens is 310 g/mol. The molecule has 1 heterocycles. The summed E-state index contributed by atoms with van der Waals surface area (Å²) in [5.41, 5.74) is 0.940. The van der Waals surface area contributed by atoms with Gasteiger partial charge in [-0.1, -0.05) is 18.2 Å². The number of rotatable bonds is 5. The topological polar surface area (TPSA) is 30.9 Å². The van der Waals surface area contributed by atoms with Gasteiger partial charge in [-0.15, -0.1) is 0 Å². The number of benzene rings is 1. The van der Waals surface area contributed by atoms with Gasteiger partial charge in [0.15, 0.2) is 8.32 Å². The highest BCUT2D eigenvalue weighted by atomic mass is 28.4. The Morgan fingerprint density at radius 3 is 2.05 bits per heavy atom. The van der Waals surface area contributed by atoms with E-state index in [1.165, 1.54) is 0 Å². The molecule has 0 aromatic heterocycles. The van der Waals surface area contributed by atoms with Gasteiger partial charge in [-0.3, -0.25) is 0 Å². The van der Waals surface area contributed by atoms with Gasteiger partial charge in [0.1, 0.15) is 0 Å². The molecule has 6 heteroatoms. The largest absolute Gasteiger partial charge is 0.531 e. The molecule has 0 aliphatic carbocycles. The minimum atomic E-state index is -1.75. The van der Waals surface area contributed by atoms with Crippen molar-refractivity contribution in [3.05, 3.63) is 42.3 Å². The zero-order valence-corrected chi connectivity index (χ0v) is 16.6. The Morgan fingerprint density at radius 2 is 1.55 bits per heavy atom. The molecule has 1 unspecified atom stereocenters. The van der Waals surface area contributed by atoms with Crippen LogP contribution in [0.1, 0.15) is 6.92 Å². The minimum absolute atomic E-state index is 0.728. The van der Waals surface area contributed by atoms with Gasteiger partial charge < -0.3 is 8.85 Å². The Bertz CT molecular complexity index is 549. The molecule has 0 saturated heterocycles. The molecule has 1 aromatic carbocycles. The maximum absolute atomic E-state index is 6.22. The first-order valence-corrected chi connectivity index (χ1v) is 14.5. The molecule has 0 saturated carbocycles. The number of para-hydroxylation sites is 1. The van der Waals surface area contributed by atoms with Gasteiger partial charge in [0.2, 0.25) is 20.0 Å². The van der Waals surface area contributed by atoms with E-state index in [9.17, 15) is 0 Å². The van der Waals surface area contributed by atoms with Crippen molar-refractivity contribution in [1.29, 1.82) is 0 Å². The summed E-state index contributed by atoms with van der Waals surface area (Å²) in [6, 6.07) is 9.96. The van der Waals surface area contributed by atoms with Gasteiger partial charge in [-0.25, -0.2) is 4.84 Å². The molecule has 1 aliphatic rings. The second-order valence-electron chi connectivity index (χ2n) is 7.65. The summed E-state index contributed by atoms with van der Waals surface area (Å²) in [5, 5.41) is 1.75. The summed E-state index contributed by atoms with van der Waals surface area (Å²) < 4.78 is 12.4. The quantitative estimate of drug-likeness (QED) is 0.729. The lowest BCUT2D eigenvalue weighted by Gasteiger charge is -2.32. The first kappa shape index (κ1) is 17.3. The van der Waals surface area contributed by atoms with E-state index in [2.05, 4.69) is 39.3 Å². The molecule has 1 aromatic rings. The summed E-state index contributed by atoms with van der Waals surface area (Å²) >= 11 is 0. The van der Waals surface area contributed by atoms with Gasteiger partial charge in [0.05, 0.1) is 5.69 Å². The number of hydrogen-bond donors (Lipinski definition) is 0. The van der Waals surface area contributed by atoms with Gasteiger partial charge in [-0.2, -0.15) is 5.06 Å². The lowest BCUT2D eigenvalue weighted by atomic mass is 10.3. The van der Waals surface area contributed by atoms with Crippen LogP contribution in [0.25, 0.3) is 0 Å². The number of hydrogen-bond acceptors (Lipinski definition) is 4. The Hall–Kier alpha value is -1.09. The monoisotopic (exact) mass is 337 g/mol. The van der Waals surface area contributed by atoms with Gasteiger partial charge in [0.25, 0.3) is 0 Å². The molecule has 0 radical (unpaired) electrons. The molecule has 0 bridgehead atoms. The van der Waals surface area contributed by atoms with Crippen molar-refractivity contribution in [3.8, 4) is 0 Å². The molecule has 22 heavy (non-hydrogen) atoms. The maximum atomic E-state index is 6.22. The van der Waals surface area contributed by atoms with E-state index in [4.69, 9.17) is 13.7 Å². The smallest absolute Gasteiger partial charge is 0.244 e. The fraction of sp³-hybridized carbons (Fsp3) is 0.500. The third kappa shape index (κ3) is 4.71. The van der Waals surface area contributed by atoms with E-state index < -0.39 is 22.4 Å². The first-order chi connectivity index (χ1) is 9.98. The Labute approximate surface area is 135 Å². The van der Waals surface area contributed by atoms with Gasteiger partial charge >= 0.3 is 0 Å². The van der Waals surface area contributed by atoms with Crippen molar-refractivity contribution in [3.63, 3.8) is 0 Å². The van der Waals surface area contributed by atoms with Crippen LogP contribution in [-0.4, -0.2) is 22.4 Å². The van der Waals surface area contributed by atoms with Crippen molar-refractivity contribution < 1.29 is 13.7 Å². The second kappa shape index (κ2) is 5.84. The summed E-state index contributed by atoms with van der Waals surface area (Å²) in [4.78, 5) is 6.12. The van der Waals surface area contributed by atoms with Crippen LogP contribution in [0, 0.1) is 0 Å². The lowest BCUT2D eigenvalue weighted by molar-refractivity contribution is -0.130. The Balaban J connectivity index is 2.32. The molecule has 2 rings (SSSR count). The van der Waals surface area contributed by atoms with Crippen LogP contribution in [0.2, 0.25) is 39.3 Å². The minimum Gasteiger partial charge on any atom is -0.531 e. The Kier molecular flexibility index (Phi) is 4.59. The molecular formula is C16H27NO3Si2. The summed E-state index contributed by atoms with van der Waals surface area (Å²) in [6.07, 6.45) is 1.95. The molecule has 0 amide bonds. The van der Waals surface area contributed by atoms with E-state index in [0.29, 0.717) is 0 Å². The number of nitrogens with zero attached hydrogens (tertiary/aromatic N) is 1. The fourth-order valence-electron chi connectivity index (χ4n) is 2.32. The van der Waals surface area contributed by atoms with E-state index in [1.807, 2.05) is 43.3 Å². The zero-order valence-electron chi connectivity index (χ0n) is 14.6. The van der Waals surface area contributed by atoms with Crippen molar-refractivity contribution in [2.45, 2.75) is 52.0 Å². The third-order valence-electron chi connectivity index (χ3n) is 2.77. The summed E-state index contributed by atoms with van der Waals surface area (Å²) in [5.74, 6) is -0.0546. The normalized spacial score (nSPS) is 22.7. The molecule has 1 atom stereocenters. The molecule has 0 fully saturated rings. The van der Waals surface area contributed by atoms with E-state index >= 15 is 0 Å². The molecule has 4 nitrogen and oxygen atoms in total. The maximum Gasteiger partial charge on any atom is 0.244 e. The molecule has 0 spiro atoms. The molecule has 1 aliphatic heterocycles. The highest BCUT2D eigenvalue weighted by Gasteiger charge is 2.42. The van der Waals surface area contributed by atoms with Crippen LogP contribution in [0.3, 0.4) is 0 Å². The van der Waals surface area contributed by atoms with Crippen LogP contribution >= 0.6 is 0 Å². The fourth-order valence-corrected chi connectivity index (χ4v) is 4.40. The van der Waals surface area contributed by atoms with Crippen LogP contribution < -0.4 is 5.06 Å². The molecule has 0 N–H and O–H groups in total. The molecule has 122 valence electrons. The van der Waals surface area contributed by atoms with Crippen molar-refractivity contribution in [2.24, 2.45) is 0 Å². The van der Waals surface area contributed by atoms with Crippen molar-refractivity contribution in [1.82, 2.24) is 0 Å². The average molecular weight is 338 g/mol. The van der Waals surface area contributed by atoms with Crippen LogP contribution in [0.4, 0.5) is 5.69 Å². The highest BCUT2D eigenvalue weighted by Crippen LogP contribution is 2.36. The van der Waals surface area contributed by atoms with Gasteiger partial charge in [0, 0.05) is 6.08 Å². The predicted molar refractivity (Wildman–Crippen MR) is 95.4 cm³/mol. The van der Waals surface area contributed by atoms with E-state index in [0.717, 1.165) is 11.6 Å². The third-order valence-corrected chi connectivity index (χ3v) is 4.61. The van der Waals surface area contributed by atoms with Crippen LogP contribution in [-0.2, 0) is 13.7 Å². The lowest BCUT2D eigenvalue weighted by Crippen LogP contribution is -2.41. The standard InChI is InChI=1S/C16H27NO3Si2/c1-16(20-22(5,6)7)13-15(18-21(2,3)4)17(19-16)14-11-9-8-10-12-14/h8-13H,1-7H3.